The van der Waals surface area contributed by atoms with Gasteiger partial charge in [-0.25, -0.2) is 0 Å². The van der Waals surface area contributed by atoms with Crippen molar-refractivity contribution in [3.05, 3.63) is 12.7 Å². The van der Waals surface area contributed by atoms with E-state index in [1.165, 1.54) is 6.08 Å². The van der Waals surface area contributed by atoms with Crippen LogP contribution >= 0.6 is 0 Å². The summed E-state index contributed by atoms with van der Waals surface area (Å²) in [6, 6.07) is 0. The molecule has 0 aromatic rings. The molecule has 0 saturated carbocycles. The zero-order chi connectivity index (χ0) is 5.21. The minimum atomic E-state index is -0.944. The fraction of sp³-hybridized carbons (Fsp3) is 0.600. The van der Waals surface area contributed by atoms with Crippen molar-refractivity contribution in [1.82, 2.24) is 0 Å². The third-order valence-electron chi connectivity index (χ3n) is 0.492. The standard InChI is InChI=1S/C5H9O.K/c1-4-5(2,3)6;/h4H,1H2,2-3H3;/q-1;+1. The van der Waals surface area contributed by atoms with Gasteiger partial charge in [0.25, 0.3) is 0 Å². The van der Waals surface area contributed by atoms with Crippen molar-refractivity contribution in [2.45, 2.75) is 19.4 Å². The fourth-order valence-corrected chi connectivity index (χ4v) is 0. The van der Waals surface area contributed by atoms with Crippen molar-refractivity contribution in [2.24, 2.45) is 0 Å². The molecule has 0 unspecified atom stereocenters. The van der Waals surface area contributed by atoms with Crippen LogP contribution in [0.3, 0.4) is 0 Å². The van der Waals surface area contributed by atoms with Gasteiger partial charge in [-0.2, -0.15) is 0 Å². The van der Waals surface area contributed by atoms with Gasteiger partial charge in [0.1, 0.15) is 0 Å². The summed E-state index contributed by atoms with van der Waals surface area (Å²) in [6.07, 6.45) is 1.38. The van der Waals surface area contributed by atoms with E-state index in [0.29, 0.717) is 0 Å². The van der Waals surface area contributed by atoms with Crippen LogP contribution in [0.1, 0.15) is 13.8 Å². The van der Waals surface area contributed by atoms with Gasteiger partial charge >= 0.3 is 51.4 Å². The third-order valence-corrected chi connectivity index (χ3v) is 0.492. The molecule has 0 rings (SSSR count). The summed E-state index contributed by atoms with van der Waals surface area (Å²) in [5.41, 5.74) is -0.944. The molecule has 1 nitrogen and oxygen atoms in total. The monoisotopic (exact) mass is 124 g/mol. The maximum absolute atomic E-state index is 10.4. The molecule has 7 heavy (non-hydrogen) atoms. The first-order valence-corrected chi connectivity index (χ1v) is 1.90. The predicted octanol–water partition coefficient (Wildman–Crippen LogP) is -2.68. The molecule has 0 aliphatic rings. The molecule has 0 aliphatic carbocycles. The van der Waals surface area contributed by atoms with E-state index < -0.39 is 5.60 Å². The van der Waals surface area contributed by atoms with Gasteiger partial charge in [0.2, 0.25) is 0 Å². The van der Waals surface area contributed by atoms with Crippen LogP contribution in [0.15, 0.2) is 12.7 Å². The SMILES string of the molecule is C=CC(C)(C)[O-].[K+]. The van der Waals surface area contributed by atoms with Crippen molar-refractivity contribution >= 4 is 0 Å². The van der Waals surface area contributed by atoms with Crippen LogP contribution in [-0.2, 0) is 0 Å². The molecular weight excluding hydrogens is 115 g/mol. The Bertz CT molecular complexity index is 53.6. The van der Waals surface area contributed by atoms with Crippen LogP contribution < -0.4 is 56.5 Å². The Morgan fingerprint density at radius 2 is 1.71 bits per heavy atom. The molecule has 36 valence electrons. The molecular formula is C5H9KO. The van der Waals surface area contributed by atoms with Crippen molar-refractivity contribution in [1.29, 1.82) is 0 Å². The van der Waals surface area contributed by atoms with Crippen LogP contribution in [0.4, 0.5) is 0 Å². The predicted molar refractivity (Wildman–Crippen MR) is 24.3 cm³/mol. The Kier molecular flexibility index (Phi) is 6.77. The Balaban J connectivity index is 0. The van der Waals surface area contributed by atoms with Crippen LogP contribution in [-0.4, -0.2) is 5.60 Å². The first kappa shape index (κ1) is 11.2. The van der Waals surface area contributed by atoms with Gasteiger partial charge in [-0.15, -0.1) is 18.3 Å². The maximum Gasteiger partial charge on any atom is 1.00 e. The average Bonchev–Trinajstić information content (AvgIpc) is 1.35. The Morgan fingerprint density at radius 3 is 1.71 bits per heavy atom. The Hall–Kier alpha value is 1.34. The van der Waals surface area contributed by atoms with E-state index in [4.69, 9.17) is 0 Å². The van der Waals surface area contributed by atoms with Gasteiger partial charge in [0, 0.05) is 0 Å². The fourth-order valence-electron chi connectivity index (χ4n) is 0. The molecule has 0 heterocycles. The van der Waals surface area contributed by atoms with Crippen molar-refractivity contribution in [2.75, 3.05) is 0 Å². The van der Waals surface area contributed by atoms with Crippen molar-refractivity contribution in [3.63, 3.8) is 0 Å². The smallest absolute Gasteiger partial charge is 0.847 e. The van der Waals surface area contributed by atoms with E-state index in [0.717, 1.165) is 0 Å². The molecule has 2 heteroatoms. The molecule has 0 fully saturated rings. The Morgan fingerprint density at radius 1 is 1.57 bits per heavy atom. The number of hydrogen-bond donors (Lipinski definition) is 0. The molecule has 0 spiro atoms. The summed E-state index contributed by atoms with van der Waals surface area (Å²) < 4.78 is 0. The quantitative estimate of drug-likeness (QED) is 0.276. The van der Waals surface area contributed by atoms with Gasteiger partial charge in [-0.1, -0.05) is 13.8 Å². The largest absolute Gasteiger partial charge is 1.00 e. The van der Waals surface area contributed by atoms with E-state index in [2.05, 4.69) is 6.58 Å². The minimum absolute atomic E-state index is 0. The summed E-state index contributed by atoms with van der Waals surface area (Å²) in [6.45, 7) is 6.46. The molecule has 0 aliphatic heterocycles. The van der Waals surface area contributed by atoms with Crippen LogP contribution in [0, 0.1) is 0 Å². The first-order valence-electron chi connectivity index (χ1n) is 1.90. The normalized spacial score (nSPS) is 9.57. The van der Waals surface area contributed by atoms with E-state index in [9.17, 15) is 5.11 Å². The van der Waals surface area contributed by atoms with E-state index in [1.54, 1.807) is 13.8 Å². The van der Waals surface area contributed by atoms with Crippen LogP contribution in [0.2, 0.25) is 0 Å². The number of rotatable bonds is 1. The van der Waals surface area contributed by atoms with E-state index in [-0.39, 0.29) is 51.4 Å². The maximum atomic E-state index is 10.4. The minimum Gasteiger partial charge on any atom is -0.847 e. The Labute approximate surface area is 87.2 Å². The van der Waals surface area contributed by atoms with E-state index in [1.807, 2.05) is 0 Å². The summed E-state index contributed by atoms with van der Waals surface area (Å²) in [5.74, 6) is 0. The van der Waals surface area contributed by atoms with Crippen molar-refractivity contribution < 1.29 is 56.5 Å². The van der Waals surface area contributed by atoms with Gasteiger partial charge in [0.15, 0.2) is 0 Å². The second kappa shape index (κ2) is 4.24. The molecule has 0 radical (unpaired) electrons. The molecule has 0 bridgehead atoms. The molecule has 0 N–H and O–H groups in total. The van der Waals surface area contributed by atoms with Gasteiger partial charge in [-0.3, -0.25) is 0 Å². The summed E-state index contributed by atoms with van der Waals surface area (Å²) in [5, 5.41) is 10.4. The summed E-state index contributed by atoms with van der Waals surface area (Å²) >= 11 is 0. The third kappa shape index (κ3) is 11.1. The number of hydrogen-bond acceptors (Lipinski definition) is 1. The second-order valence-electron chi connectivity index (χ2n) is 1.81. The van der Waals surface area contributed by atoms with E-state index >= 15 is 0 Å². The average molecular weight is 124 g/mol. The first-order chi connectivity index (χ1) is 2.56. The van der Waals surface area contributed by atoms with Gasteiger partial charge in [0.05, 0.1) is 0 Å². The molecule has 0 atom stereocenters. The molecule has 0 saturated heterocycles. The molecule has 0 aromatic heterocycles. The topological polar surface area (TPSA) is 23.1 Å². The van der Waals surface area contributed by atoms with Crippen LogP contribution in [0.25, 0.3) is 0 Å². The van der Waals surface area contributed by atoms with Crippen molar-refractivity contribution in [3.8, 4) is 0 Å². The molecule has 0 aromatic carbocycles. The second-order valence-corrected chi connectivity index (χ2v) is 1.81. The zero-order valence-electron chi connectivity index (χ0n) is 5.19. The van der Waals surface area contributed by atoms with Crippen LogP contribution in [0.5, 0.6) is 0 Å². The summed E-state index contributed by atoms with van der Waals surface area (Å²) in [4.78, 5) is 0. The zero-order valence-corrected chi connectivity index (χ0v) is 8.32. The van der Waals surface area contributed by atoms with Gasteiger partial charge in [-0.05, 0) is 0 Å². The van der Waals surface area contributed by atoms with Gasteiger partial charge < -0.3 is 5.11 Å². The molecule has 0 amide bonds. The summed E-state index contributed by atoms with van der Waals surface area (Å²) in [7, 11) is 0.